The molecule has 0 radical (unpaired) electrons. The fourth-order valence-corrected chi connectivity index (χ4v) is 9.86. The molecular formula is C57H113NO10. The topological polar surface area (TPSA) is 189 Å². The van der Waals surface area contributed by atoms with Crippen molar-refractivity contribution >= 4 is 5.91 Å². The monoisotopic (exact) mass is 972 g/mol. The molecule has 11 nitrogen and oxygen atoms in total. The van der Waals surface area contributed by atoms with Gasteiger partial charge >= 0.3 is 0 Å². The second-order valence-corrected chi connectivity index (χ2v) is 21.1. The highest BCUT2D eigenvalue weighted by Gasteiger charge is 2.44. The number of nitrogens with one attached hydrogen (secondary N) is 1. The fraction of sp³-hybridized carbons (Fsp3) is 0.982. The number of rotatable bonds is 51. The zero-order valence-corrected chi connectivity index (χ0v) is 44.4. The van der Waals surface area contributed by atoms with E-state index in [0.29, 0.717) is 19.3 Å². The first-order valence-corrected chi connectivity index (χ1v) is 29.4. The van der Waals surface area contributed by atoms with E-state index in [4.69, 9.17) is 9.47 Å². The molecule has 9 atom stereocenters. The van der Waals surface area contributed by atoms with E-state index in [-0.39, 0.29) is 6.42 Å². The smallest absolute Gasteiger partial charge is 0.249 e. The molecule has 1 rings (SSSR count). The lowest BCUT2D eigenvalue weighted by molar-refractivity contribution is -0.303. The van der Waals surface area contributed by atoms with Gasteiger partial charge in [-0.15, -0.1) is 0 Å². The van der Waals surface area contributed by atoms with Gasteiger partial charge in [0.1, 0.15) is 36.6 Å². The van der Waals surface area contributed by atoms with Crippen LogP contribution in [0, 0.1) is 0 Å². The van der Waals surface area contributed by atoms with Crippen molar-refractivity contribution in [1.29, 1.82) is 0 Å². The molecule has 68 heavy (non-hydrogen) atoms. The summed E-state index contributed by atoms with van der Waals surface area (Å²) in [6.07, 6.45) is 41.5. The molecule has 406 valence electrons. The van der Waals surface area contributed by atoms with Gasteiger partial charge in [-0.25, -0.2) is 0 Å². The lowest BCUT2D eigenvalue weighted by Gasteiger charge is -2.40. The largest absolute Gasteiger partial charge is 0.394 e. The Morgan fingerprint density at radius 1 is 0.456 bits per heavy atom. The number of hydrogen-bond acceptors (Lipinski definition) is 10. The van der Waals surface area contributed by atoms with Crippen molar-refractivity contribution in [2.24, 2.45) is 0 Å². The molecule has 0 bridgehead atoms. The molecule has 0 spiro atoms. The second-order valence-electron chi connectivity index (χ2n) is 21.1. The molecule has 8 N–H and O–H groups in total. The normalized spacial score (nSPS) is 20.4. The highest BCUT2D eigenvalue weighted by Crippen LogP contribution is 2.24. The molecule has 1 heterocycles. The van der Waals surface area contributed by atoms with Crippen LogP contribution in [0.5, 0.6) is 0 Å². The van der Waals surface area contributed by atoms with Crippen LogP contribution < -0.4 is 5.32 Å². The molecule has 1 aliphatic rings. The Hall–Kier alpha value is -0.890. The summed E-state index contributed by atoms with van der Waals surface area (Å²) < 4.78 is 11.2. The van der Waals surface area contributed by atoms with Crippen LogP contribution in [0.25, 0.3) is 0 Å². The Bertz CT molecular complexity index is 1070. The van der Waals surface area contributed by atoms with Gasteiger partial charge in [-0.2, -0.15) is 0 Å². The average Bonchev–Trinajstić information content (AvgIpc) is 3.34. The Morgan fingerprint density at radius 3 is 1.09 bits per heavy atom. The van der Waals surface area contributed by atoms with Crippen molar-refractivity contribution in [3.63, 3.8) is 0 Å². The highest BCUT2D eigenvalue weighted by atomic mass is 16.7. The van der Waals surface area contributed by atoms with Gasteiger partial charge in [0.05, 0.1) is 25.4 Å². The fourth-order valence-electron chi connectivity index (χ4n) is 9.86. The third kappa shape index (κ3) is 35.3. The van der Waals surface area contributed by atoms with Crippen LogP contribution in [-0.4, -0.2) is 110 Å². The summed E-state index contributed by atoms with van der Waals surface area (Å²) >= 11 is 0. The number of aliphatic hydroxyl groups is 7. The van der Waals surface area contributed by atoms with E-state index in [0.717, 1.165) is 38.5 Å². The molecule has 0 saturated carbocycles. The van der Waals surface area contributed by atoms with Crippen molar-refractivity contribution in [1.82, 2.24) is 5.32 Å². The maximum absolute atomic E-state index is 13.2. The van der Waals surface area contributed by atoms with E-state index >= 15 is 0 Å². The number of unbranched alkanes of at least 4 members (excludes halogenated alkanes) is 39. The van der Waals surface area contributed by atoms with Crippen molar-refractivity contribution in [2.75, 3.05) is 13.2 Å². The van der Waals surface area contributed by atoms with Crippen molar-refractivity contribution in [3.05, 3.63) is 0 Å². The molecular weight excluding hydrogens is 859 g/mol. The summed E-state index contributed by atoms with van der Waals surface area (Å²) in [7, 11) is 0. The van der Waals surface area contributed by atoms with Crippen LogP contribution in [0.3, 0.4) is 0 Å². The number of aliphatic hydroxyl groups excluding tert-OH is 7. The zero-order chi connectivity index (χ0) is 49.7. The highest BCUT2D eigenvalue weighted by molar-refractivity contribution is 5.80. The van der Waals surface area contributed by atoms with E-state index in [9.17, 15) is 40.5 Å². The van der Waals surface area contributed by atoms with Crippen LogP contribution in [0.4, 0.5) is 0 Å². The summed E-state index contributed by atoms with van der Waals surface area (Å²) in [6.45, 7) is 3.50. The Morgan fingerprint density at radius 2 is 0.765 bits per heavy atom. The number of hydrogen-bond donors (Lipinski definition) is 8. The van der Waals surface area contributed by atoms with Crippen LogP contribution in [-0.2, 0) is 14.3 Å². The van der Waals surface area contributed by atoms with Crippen LogP contribution in [0.2, 0.25) is 0 Å². The molecule has 11 heteroatoms. The Kier molecular flexibility index (Phi) is 45.1. The Balaban J connectivity index is 2.28. The SMILES string of the molecule is CCCCCCCCCCCCCCCCCCCCCCCCCCC(O)C(=O)NC(COC1OC(CO)C(O)C(O)C1O)C(O)C(O)CCCCCCCCCCCCCCCCCCC. The van der Waals surface area contributed by atoms with Gasteiger partial charge in [0.2, 0.25) is 5.91 Å². The molecule has 0 aromatic heterocycles. The third-order valence-corrected chi connectivity index (χ3v) is 14.7. The minimum Gasteiger partial charge on any atom is -0.394 e. The number of carbonyl (C=O) groups is 1. The molecule has 0 aromatic rings. The molecule has 0 aromatic carbocycles. The van der Waals surface area contributed by atoms with Crippen LogP contribution >= 0.6 is 0 Å². The van der Waals surface area contributed by atoms with Gasteiger partial charge in [-0.05, 0) is 12.8 Å². The quantitative estimate of drug-likeness (QED) is 0.0272. The van der Waals surface area contributed by atoms with Crippen LogP contribution in [0.15, 0.2) is 0 Å². The minimum absolute atomic E-state index is 0.267. The Labute approximate surface area is 418 Å². The molecule has 1 saturated heterocycles. The number of amides is 1. The maximum Gasteiger partial charge on any atom is 0.249 e. The van der Waals surface area contributed by atoms with Gasteiger partial charge in [0.25, 0.3) is 0 Å². The summed E-state index contributed by atoms with van der Waals surface area (Å²) in [5.74, 6) is -0.689. The van der Waals surface area contributed by atoms with E-state index < -0.39 is 74.2 Å². The average molecular weight is 973 g/mol. The van der Waals surface area contributed by atoms with E-state index in [1.165, 1.54) is 212 Å². The lowest BCUT2D eigenvalue weighted by Crippen LogP contribution is -2.60. The van der Waals surface area contributed by atoms with Crippen molar-refractivity contribution < 1.29 is 50.0 Å². The standard InChI is InChI=1S/C57H113NO10/c1-3-5-7-9-11-13-15-17-19-21-22-23-24-25-26-27-29-31-33-35-37-39-41-43-45-50(61)56(66)58-48(47-67-57-55(65)54(64)53(63)51(46-59)68-57)52(62)49(60)44-42-40-38-36-34-32-30-28-20-18-16-14-12-10-8-6-4-2/h48-55,57,59-65H,3-47H2,1-2H3,(H,58,66). The molecule has 0 aliphatic carbocycles. The molecule has 1 fully saturated rings. The molecule has 9 unspecified atom stereocenters. The summed E-state index contributed by atoms with van der Waals surface area (Å²) in [6, 6.07) is -1.16. The van der Waals surface area contributed by atoms with Crippen LogP contribution in [0.1, 0.15) is 290 Å². The van der Waals surface area contributed by atoms with Gasteiger partial charge < -0.3 is 50.5 Å². The maximum atomic E-state index is 13.2. The van der Waals surface area contributed by atoms with E-state index in [1.807, 2.05) is 0 Å². The van der Waals surface area contributed by atoms with Gasteiger partial charge in [-0.1, -0.05) is 277 Å². The first kappa shape index (κ1) is 65.1. The first-order chi connectivity index (χ1) is 33.2. The zero-order valence-electron chi connectivity index (χ0n) is 44.4. The van der Waals surface area contributed by atoms with E-state index in [1.54, 1.807) is 0 Å². The summed E-state index contributed by atoms with van der Waals surface area (Å²) in [5.41, 5.74) is 0. The first-order valence-electron chi connectivity index (χ1n) is 29.4. The predicted molar refractivity (Wildman–Crippen MR) is 280 cm³/mol. The van der Waals surface area contributed by atoms with Gasteiger partial charge in [-0.3, -0.25) is 4.79 Å². The van der Waals surface area contributed by atoms with Gasteiger partial charge in [0.15, 0.2) is 6.29 Å². The van der Waals surface area contributed by atoms with Crippen molar-refractivity contribution in [2.45, 2.75) is 345 Å². The van der Waals surface area contributed by atoms with Crippen molar-refractivity contribution in [3.8, 4) is 0 Å². The summed E-state index contributed by atoms with van der Waals surface area (Å²) in [5, 5.41) is 76.2. The third-order valence-electron chi connectivity index (χ3n) is 14.7. The number of ether oxygens (including phenoxy) is 2. The molecule has 1 aliphatic heterocycles. The van der Waals surface area contributed by atoms with E-state index in [2.05, 4.69) is 19.2 Å². The predicted octanol–water partition coefficient (Wildman–Crippen LogP) is 12.2. The minimum atomic E-state index is -1.66. The number of carbonyl (C=O) groups excluding carboxylic acids is 1. The van der Waals surface area contributed by atoms with Gasteiger partial charge in [0, 0.05) is 0 Å². The molecule has 1 amide bonds. The second kappa shape index (κ2) is 47.1. The lowest BCUT2D eigenvalue weighted by atomic mass is 9.98. The summed E-state index contributed by atoms with van der Waals surface area (Å²) in [4.78, 5) is 13.2.